The minimum absolute atomic E-state index is 0.00419. The Morgan fingerprint density at radius 2 is 1.74 bits per heavy atom. The number of hydrogen-bond acceptors (Lipinski definition) is 6. The van der Waals surface area contributed by atoms with Gasteiger partial charge in [-0.2, -0.15) is 0 Å². The van der Waals surface area contributed by atoms with E-state index in [1.807, 2.05) is 26.0 Å². The Morgan fingerprint density at radius 1 is 1.06 bits per heavy atom. The van der Waals surface area contributed by atoms with Gasteiger partial charge in [0, 0.05) is 19.0 Å². The van der Waals surface area contributed by atoms with Crippen LogP contribution in [0.25, 0.3) is 0 Å². The van der Waals surface area contributed by atoms with Gasteiger partial charge in [0.15, 0.2) is 0 Å². The van der Waals surface area contributed by atoms with E-state index >= 15 is 0 Å². The number of carbonyl (C=O) groups excluding carboxylic acids is 1. The molecule has 2 aromatic rings. The average Bonchev–Trinajstić information content (AvgIpc) is 2.71. The number of benzene rings is 2. The van der Waals surface area contributed by atoms with Crippen LogP contribution in [-0.4, -0.2) is 48.7 Å². The van der Waals surface area contributed by atoms with Crippen LogP contribution in [0.2, 0.25) is 0 Å². The summed E-state index contributed by atoms with van der Waals surface area (Å²) >= 11 is 0. The van der Waals surface area contributed by atoms with Crippen LogP contribution in [0.5, 0.6) is 5.75 Å². The average molecular weight is 512 g/mol. The third-order valence-electron chi connectivity index (χ3n) is 4.94. The lowest BCUT2D eigenvalue weighted by Gasteiger charge is -2.24. The van der Waals surface area contributed by atoms with Crippen LogP contribution < -0.4 is 19.1 Å². The molecular formula is C23H33N3O6S2. The van der Waals surface area contributed by atoms with Crippen molar-refractivity contribution >= 4 is 37.3 Å². The monoisotopic (exact) mass is 511 g/mol. The van der Waals surface area contributed by atoms with Gasteiger partial charge in [0.2, 0.25) is 26.0 Å². The fourth-order valence-electron chi connectivity index (χ4n) is 3.38. The summed E-state index contributed by atoms with van der Waals surface area (Å²) in [5.41, 5.74) is 2.55. The Morgan fingerprint density at radius 3 is 2.32 bits per heavy atom. The lowest BCUT2D eigenvalue weighted by Crippen LogP contribution is -2.32. The Labute approximate surface area is 202 Å². The van der Waals surface area contributed by atoms with Gasteiger partial charge in [-0.3, -0.25) is 9.10 Å². The number of sulfonamides is 2. The third-order valence-corrected chi connectivity index (χ3v) is 7.78. The Kier molecular flexibility index (Phi) is 9.09. The number of nitrogens with zero attached hydrogens (tertiary/aromatic N) is 1. The van der Waals surface area contributed by atoms with E-state index in [9.17, 15) is 21.6 Å². The number of carbonyl (C=O) groups is 1. The molecule has 0 aliphatic carbocycles. The van der Waals surface area contributed by atoms with Crippen LogP contribution in [0, 0.1) is 13.8 Å². The molecule has 2 rings (SSSR count). The maximum Gasteiger partial charge on any atom is 0.240 e. The molecule has 0 atom stereocenters. The standard InChI is InChI=1S/C23H33N3O6S2/c1-16(2)25-34(30,31)19-11-12-22(32-5)20(15-19)24-23(27)8-7-13-26(33(6,28)29)21-14-17(3)9-10-18(21)4/h9-12,14-16,25H,7-8,13H2,1-6H3,(H,24,27). The second-order valence-corrected chi connectivity index (χ2v) is 12.0. The second-order valence-electron chi connectivity index (χ2n) is 8.41. The molecule has 0 aliphatic rings. The summed E-state index contributed by atoms with van der Waals surface area (Å²) in [4.78, 5) is 12.6. The Hall–Kier alpha value is -2.63. The van der Waals surface area contributed by atoms with E-state index < -0.39 is 20.0 Å². The first kappa shape index (κ1) is 27.6. The van der Waals surface area contributed by atoms with Crippen LogP contribution in [0.15, 0.2) is 41.3 Å². The molecule has 2 aromatic carbocycles. The van der Waals surface area contributed by atoms with Gasteiger partial charge in [0.1, 0.15) is 5.75 Å². The van der Waals surface area contributed by atoms with E-state index in [0.29, 0.717) is 11.4 Å². The first-order valence-electron chi connectivity index (χ1n) is 10.8. The number of rotatable bonds is 11. The topological polar surface area (TPSA) is 122 Å². The normalized spacial score (nSPS) is 12.0. The lowest BCUT2D eigenvalue weighted by atomic mass is 10.1. The first-order valence-corrected chi connectivity index (χ1v) is 14.1. The molecule has 34 heavy (non-hydrogen) atoms. The fourth-order valence-corrected chi connectivity index (χ4v) is 5.67. The van der Waals surface area contributed by atoms with Crippen molar-refractivity contribution in [3.05, 3.63) is 47.5 Å². The summed E-state index contributed by atoms with van der Waals surface area (Å²) in [6, 6.07) is 9.48. The molecule has 0 unspecified atom stereocenters. The largest absolute Gasteiger partial charge is 0.495 e. The van der Waals surface area contributed by atoms with E-state index in [4.69, 9.17) is 4.74 Å². The summed E-state index contributed by atoms with van der Waals surface area (Å²) in [5, 5.41) is 2.68. The lowest BCUT2D eigenvalue weighted by molar-refractivity contribution is -0.116. The molecule has 0 aliphatic heterocycles. The molecule has 0 bridgehead atoms. The Bertz CT molecular complexity index is 1240. The number of aryl methyl sites for hydroxylation is 2. The minimum Gasteiger partial charge on any atom is -0.495 e. The van der Waals surface area contributed by atoms with Crippen molar-refractivity contribution in [2.45, 2.75) is 51.5 Å². The quantitative estimate of drug-likeness (QED) is 0.478. The van der Waals surface area contributed by atoms with E-state index in [0.717, 1.165) is 17.4 Å². The highest BCUT2D eigenvalue weighted by molar-refractivity contribution is 7.92. The molecule has 188 valence electrons. The number of ether oxygens (including phenoxy) is 1. The third kappa shape index (κ3) is 7.44. The van der Waals surface area contributed by atoms with Gasteiger partial charge in [0.05, 0.1) is 29.6 Å². The van der Waals surface area contributed by atoms with Crippen LogP contribution in [-0.2, 0) is 24.8 Å². The zero-order valence-electron chi connectivity index (χ0n) is 20.4. The summed E-state index contributed by atoms with van der Waals surface area (Å²) < 4.78 is 58.8. The molecule has 0 saturated carbocycles. The van der Waals surface area contributed by atoms with Gasteiger partial charge in [0.25, 0.3) is 0 Å². The molecule has 0 fully saturated rings. The maximum atomic E-state index is 12.6. The Balaban J connectivity index is 2.15. The summed E-state index contributed by atoms with van der Waals surface area (Å²) in [6.45, 7) is 7.26. The SMILES string of the molecule is COc1ccc(S(=O)(=O)NC(C)C)cc1NC(=O)CCCN(c1cc(C)ccc1C)S(C)(=O)=O. The molecular weight excluding hydrogens is 478 g/mol. The van der Waals surface area contributed by atoms with Crippen molar-refractivity contribution in [3.8, 4) is 5.75 Å². The molecule has 0 heterocycles. The van der Waals surface area contributed by atoms with Crippen molar-refractivity contribution in [1.29, 1.82) is 0 Å². The highest BCUT2D eigenvalue weighted by Crippen LogP contribution is 2.28. The summed E-state index contributed by atoms with van der Waals surface area (Å²) in [7, 11) is -5.89. The van der Waals surface area contributed by atoms with E-state index in [1.165, 1.54) is 29.6 Å². The number of anilines is 2. The van der Waals surface area contributed by atoms with Crippen molar-refractivity contribution in [1.82, 2.24) is 4.72 Å². The number of nitrogens with one attached hydrogen (secondary N) is 2. The van der Waals surface area contributed by atoms with Gasteiger partial charge >= 0.3 is 0 Å². The second kappa shape index (κ2) is 11.2. The van der Waals surface area contributed by atoms with E-state index in [2.05, 4.69) is 10.0 Å². The van der Waals surface area contributed by atoms with Gasteiger partial charge in [-0.15, -0.1) is 0 Å². The highest BCUT2D eigenvalue weighted by Gasteiger charge is 2.21. The highest BCUT2D eigenvalue weighted by atomic mass is 32.2. The van der Waals surface area contributed by atoms with Crippen LogP contribution in [0.1, 0.15) is 37.8 Å². The molecule has 11 heteroatoms. The number of methoxy groups -OCH3 is 1. The van der Waals surface area contributed by atoms with Crippen LogP contribution in [0.3, 0.4) is 0 Å². The van der Waals surface area contributed by atoms with Crippen LogP contribution in [0.4, 0.5) is 11.4 Å². The molecule has 9 nitrogen and oxygen atoms in total. The van der Waals surface area contributed by atoms with Crippen molar-refractivity contribution in [2.75, 3.05) is 29.5 Å². The fraction of sp³-hybridized carbons (Fsp3) is 0.435. The van der Waals surface area contributed by atoms with Crippen molar-refractivity contribution in [2.24, 2.45) is 0 Å². The first-order chi connectivity index (χ1) is 15.7. The minimum atomic E-state index is -3.76. The van der Waals surface area contributed by atoms with Crippen molar-refractivity contribution in [3.63, 3.8) is 0 Å². The molecule has 2 N–H and O–H groups in total. The maximum absolute atomic E-state index is 12.6. The predicted molar refractivity (Wildman–Crippen MR) is 134 cm³/mol. The predicted octanol–water partition coefficient (Wildman–Crippen LogP) is 3.18. The molecule has 0 saturated heterocycles. The summed E-state index contributed by atoms with van der Waals surface area (Å²) in [6.07, 6.45) is 1.43. The molecule has 0 aromatic heterocycles. The van der Waals surface area contributed by atoms with Crippen molar-refractivity contribution < 1.29 is 26.4 Å². The van der Waals surface area contributed by atoms with E-state index in [-0.39, 0.29) is 41.9 Å². The zero-order valence-corrected chi connectivity index (χ0v) is 22.0. The molecule has 0 spiro atoms. The van der Waals surface area contributed by atoms with Crippen LogP contribution >= 0.6 is 0 Å². The molecule has 1 amide bonds. The van der Waals surface area contributed by atoms with Gasteiger partial charge in [-0.25, -0.2) is 21.6 Å². The smallest absolute Gasteiger partial charge is 0.240 e. The number of hydrogen-bond donors (Lipinski definition) is 2. The van der Waals surface area contributed by atoms with E-state index in [1.54, 1.807) is 19.9 Å². The van der Waals surface area contributed by atoms with Gasteiger partial charge in [-0.1, -0.05) is 12.1 Å². The summed E-state index contributed by atoms with van der Waals surface area (Å²) in [5.74, 6) is -0.0796. The van der Waals surface area contributed by atoms with Gasteiger partial charge < -0.3 is 10.1 Å². The zero-order chi connectivity index (χ0) is 25.7. The van der Waals surface area contributed by atoms with Gasteiger partial charge in [-0.05, 0) is 69.5 Å². The number of amides is 1. The molecule has 0 radical (unpaired) electrons.